The average Bonchev–Trinajstić information content (AvgIpc) is 2.20. The highest BCUT2D eigenvalue weighted by atomic mass is 127. The molecule has 0 saturated heterocycles. The molecule has 1 aromatic rings. The van der Waals surface area contributed by atoms with Crippen LogP contribution in [-0.4, -0.2) is 12.4 Å². The Morgan fingerprint density at radius 3 is 2.73 bits per heavy atom. The van der Waals surface area contributed by atoms with Gasteiger partial charge < -0.3 is 4.74 Å². The second-order valence-electron chi connectivity index (χ2n) is 2.94. The molecule has 3 nitrogen and oxygen atoms in total. The van der Waals surface area contributed by atoms with Gasteiger partial charge in [0, 0.05) is 5.56 Å². The van der Waals surface area contributed by atoms with Crippen molar-refractivity contribution in [3.63, 3.8) is 0 Å². The van der Waals surface area contributed by atoms with Crippen LogP contribution in [-0.2, 0) is 0 Å². The summed E-state index contributed by atoms with van der Waals surface area (Å²) in [5.41, 5.74) is 0.952. The molecule has 0 unspecified atom stereocenters. The molecule has 0 saturated carbocycles. The van der Waals surface area contributed by atoms with Crippen molar-refractivity contribution >= 4 is 28.4 Å². The van der Waals surface area contributed by atoms with E-state index >= 15 is 0 Å². The minimum atomic E-state index is -0.0486. The molecule has 0 aliphatic rings. The Morgan fingerprint density at radius 2 is 2.27 bits per heavy atom. The highest BCUT2D eigenvalue weighted by molar-refractivity contribution is 14.1. The molecule has 0 fully saturated rings. The number of rotatable bonds is 3. The van der Waals surface area contributed by atoms with E-state index in [-0.39, 0.29) is 5.78 Å². The zero-order valence-electron chi connectivity index (χ0n) is 8.50. The van der Waals surface area contributed by atoms with Gasteiger partial charge in [0.05, 0.1) is 15.7 Å². The number of benzene rings is 1. The van der Waals surface area contributed by atoms with Gasteiger partial charge in [0.15, 0.2) is 5.78 Å². The van der Waals surface area contributed by atoms with Crippen molar-refractivity contribution in [3.8, 4) is 11.8 Å². The summed E-state index contributed by atoms with van der Waals surface area (Å²) < 4.78 is 6.14. The summed E-state index contributed by atoms with van der Waals surface area (Å²) in [6.07, 6.45) is 0. The monoisotopic (exact) mass is 315 g/mol. The normalized spacial score (nSPS) is 9.47. The van der Waals surface area contributed by atoms with E-state index in [0.29, 0.717) is 23.5 Å². The molecule has 15 heavy (non-hydrogen) atoms. The highest BCUT2D eigenvalue weighted by Gasteiger charge is 2.11. The Bertz CT molecular complexity index is 435. The van der Waals surface area contributed by atoms with Crippen LogP contribution in [0.3, 0.4) is 0 Å². The topological polar surface area (TPSA) is 50.1 Å². The minimum Gasteiger partial charge on any atom is -0.491 e. The van der Waals surface area contributed by atoms with E-state index in [0.717, 1.165) is 3.57 Å². The number of hydrogen-bond acceptors (Lipinski definition) is 3. The molecule has 0 aliphatic carbocycles. The third-order valence-corrected chi connectivity index (χ3v) is 2.66. The van der Waals surface area contributed by atoms with Crippen molar-refractivity contribution in [2.24, 2.45) is 0 Å². The molecular formula is C11H10INO2. The Kier molecular flexibility index (Phi) is 4.09. The smallest absolute Gasteiger partial charge is 0.159 e. The summed E-state index contributed by atoms with van der Waals surface area (Å²) in [4.78, 5) is 11.2. The predicted octanol–water partition coefficient (Wildman–Crippen LogP) is 2.76. The van der Waals surface area contributed by atoms with Gasteiger partial charge in [-0.2, -0.15) is 5.26 Å². The zero-order chi connectivity index (χ0) is 11.4. The first-order chi connectivity index (χ1) is 7.10. The Balaban J connectivity index is 3.32. The number of ether oxygens (including phenoxy) is 1. The third-order valence-electron chi connectivity index (χ3n) is 1.86. The van der Waals surface area contributed by atoms with Crippen LogP contribution in [0.1, 0.15) is 29.8 Å². The van der Waals surface area contributed by atoms with Crippen LogP contribution >= 0.6 is 22.6 Å². The van der Waals surface area contributed by atoms with E-state index in [9.17, 15) is 4.79 Å². The largest absolute Gasteiger partial charge is 0.491 e. The molecule has 0 amide bonds. The van der Waals surface area contributed by atoms with E-state index in [1.54, 1.807) is 12.1 Å². The van der Waals surface area contributed by atoms with Crippen molar-refractivity contribution in [1.82, 2.24) is 0 Å². The second-order valence-corrected chi connectivity index (χ2v) is 4.10. The van der Waals surface area contributed by atoms with Crippen LogP contribution in [0.4, 0.5) is 0 Å². The molecule has 0 N–H and O–H groups in total. The second kappa shape index (κ2) is 5.12. The Hall–Kier alpha value is -1.09. The third kappa shape index (κ3) is 2.69. The molecule has 0 heterocycles. The molecule has 4 heteroatoms. The molecule has 0 bridgehead atoms. The Labute approximate surface area is 102 Å². The molecule has 1 rings (SSSR count). The number of ketones is 1. The maximum Gasteiger partial charge on any atom is 0.159 e. The zero-order valence-corrected chi connectivity index (χ0v) is 10.7. The molecule has 0 spiro atoms. The van der Waals surface area contributed by atoms with Gasteiger partial charge in [-0.05, 0) is 48.6 Å². The summed E-state index contributed by atoms with van der Waals surface area (Å²) >= 11 is 2.06. The van der Waals surface area contributed by atoms with Gasteiger partial charge in [0.25, 0.3) is 0 Å². The molecule has 1 aromatic carbocycles. The lowest BCUT2D eigenvalue weighted by atomic mass is 10.1. The average molecular weight is 315 g/mol. The first-order valence-corrected chi connectivity index (χ1v) is 5.55. The lowest BCUT2D eigenvalue weighted by Gasteiger charge is -2.09. The van der Waals surface area contributed by atoms with E-state index in [4.69, 9.17) is 10.00 Å². The van der Waals surface area contributed by atoms with Crippen LogP contribution in [0, 0.1) is 14.9 Å². The van der Waals surface area contributed by atoms with Gasteiger partial charge in [-0.1, -0.05) is 0 Å². The highest BCUT2D eigenvalue weighted by Crippen LogP contribution is 2.27. The van der Waals surface area contributed by atoms with Gasteiger partial charge in [-0.15, -0.1) is 0 Å². The minimum absolute atomic E-state index is 0.0486. The molecule has 78 valence electrons. The van der Waals surface area contributed by atoms with Crippen molar-refractivity contribution in [2.75, 3.05) is 6.61 Å². The summed E-state index contributed by atoms with van der Waals surface area (Å²) in [6.45, 7) is 3.84. The van der Waals surface area contributed by atoms with E-state index in [1.165, 1.54) is 6.92 Å². The molecule has 0 aliphatic heterocycles. The molecule has 0 atom stereocenters. The summed E-state index contributed by atoms with van der Waals surface area (Å²) in [6, 6.07) is 5.33. The number of carbonyl (C=O) groups excluding carboxylic acids is 1. The van der Waals surface area contributed by atoms with Crippen LogP contribution in [0.5, 0.6) is 5.75 Å². The number of carbonyl (C=O) groups is 1. The standard InChI is InChI=1S/C11H10INO2/c1-3-15-11-9(6-13)4-8(7(2)14)5-10(11)12/h4-5H,3H2,1-2H3. The number of Topliss-reactive ketones (excluding diaryl/α,β-unsaturated/α-hetero) is 1. The van der Waals surface area contributed by atoms with Crippen LogP contribution in [0.2, 0.25) is 0 Å². The van der Waals surface area contributed by atoms with Crippen molar-refractivity contribution in [1.29, 1.82) is 5.26 Å². The van der Waals surface area contributed by atoms with Gasteiger partial charge in [-0.25, -0.2) is 0 Å². The maximum absolute atomic E-state index is 11.2. The van der Waals surface area contributed by atoms with Gasteiger partial charge >= 0.3 is 0 Å². The van der Waals surface area contributed by atoms with Gasteiger partial charge in [-0.3, -0.25) is 4.79 Å². The number of nitrogens with zero attached hydrogens (tertiary/aromatic N) is 1. The summed E-state index contributed by atoms with van der Waals surface area (Å²) in [5.74, 6) is 0.512. The van der Waals surface area contributed by atoms with Gasteiger partial charge in [0.2, 0.25) is 0 Å². The predicted molar refractivity (Wildman–Crippen MR) is 65.0 cm³/mol. The first-order valence-electron chi connectivity index (χ1n) is 4.47. The quantitative estimate of drug-likeness (QED) is 0.636. The lowest BCUT2D eigenvalue weighted by Crippen LogP contribution is -2.01. The fourth-order valence-electron chi connectivity index (χ4n) is 1.17. The summed E-state index contributed by atoms with van der Waals surface area (Å²) in [5, 5.41) is 8.93. The van der Waals surface area contributed by atoms with E-state index in [2.05, 4.69) is 22.6 Å². The van der Waals surface area contributed by atoms with E-state index in [1.807, 2.05) is 13.0 Å². The molecular weight excluding hydrogens is 305 g/mol. The lowest BCUT2D eigenvalue weighted by molar-refractivity contribution is 0.101. The van der Waals surface area contributed by atoms with Crippen molar-refractivity contribution in [3.05, 3.63) is 26.8 Å². The van der Waals surface area contributed by atoms with Crippen LogP contribution < -0.4 is 4.74 Å². The fourth-order valence-corrected chi connectivity index (χ4v) is 1.95. The molecule has 0 radical (unpaired) electrons. The SMILES string of the molecule is CCOc1c(I)cc(C(C)=O)cc1C#N. The van der Waals surface area contributed by atoms with Crippen LogP contribution in [0.15, 0.2) is 12.1 Å². The fraction of sp³-hybridized carbons (Fsp3) is 0.273. The number of halogens is 1. The van der Waals surface area contributed by atoms with Gasteiger partial charge in [0.1, 0.15) is 11.8 Å². The maximum atomic E-state index is 11.2. The molecule has 0 aromatic heterocycles. The van der Waals surface area contributed by atoms with Crippen molar-refractivity contribution in [2.45, 2.75) is 13.8 Å². The first kappa shape index (κ1) is 12.0. The van der Waals surface area contributed by atoms with E-state index < -0.39 is 0 Å². The summed E-state index contributed by atoms with van der Waals surface area (Å²) in [7, 11) is 0. The number of hydrogen-bond donors (Lipinski definition) is 0. The number of nitriles is 1. The Morgan fingerprint density at radius 1 is 1.60 bits per heavy atom. The van der Waals surface area contributed by atoms with Crippen LogP contribution in [0.25, 0.3) is 0 Å². The van der Waals surface area contributed by atoms with Crippen molar-refractivity contribution < 1.29 is 9.53 Å².